The van der Waals surface area contributed by atoms with Crippen molar-refractivity contribution in [1.29, 1.82) is 5.26 Å². The largest absolute Gasteiger partial charge is 0.361 e. The highest BCUT2D eigenvalue weighted by Gasteiger charge is 2.08. The summed E-state index contributed by atoms with van der Waals surface area (Å²) >= 11 is 0. The van der Waals surface area contributed by atoms with Crippen molar-refractivity contribution in [2.45, 2.75) is 13.0 Å². The smallest absolute Gasteiger partial charge is 0.101 e. The fourth-order valence-electron chi connectivity index (χ4n) is 3.35. The number of hydrogen-bond donors (Lipinski definition) is 2. The fourth-order valence-corrected chi connectivity index (χ4v) is 3.35. The maximum Gasteiger partial charge on any atom is 0.101 e. The van der Waals surface area contributed by atoms with Gasteiger partial charge in [0.25, 0.3) is 0 Å². The van der Waals surface area contributed by atoms with Gasteiger partial charge in [0.15, 0.2) is 0 Å². The molecule has 0 spiro atoms. The van der Waals surface area contributed by atoms with Crippen LogP contribution in [0.1, 0.15) is 16.8 Å². The molecule has 0 radical (unpaired) electrons. The van der Waals surface area contributed by atoms with Crippen LogP contribution in [0.5, 0.6) is 0 Å². The summed E-state index contributed by atoms with van der Waals surface area (Å²) in [6.45, 7) is 1.65. The molecule has 26 heavy (non-hydrogen) atoms. The molecule has 2 aromatic heterocycles. The highest BCUT2D eigenvalue weighted by atomic mass is 15.0. The number of aromatic nitrogens is 2. The number of fused-ring (bicyclic) bond motifs is 1. The Labute approximate surface area is 152 Å². The van der Waals surface area contributed by atoms with Gasteiger partial charge < -0.3 is 14.9 Å². The lowest BCUT2D eigenvalue weighted by atomic mass is 10.1. The average molecular weight is 340 g/mol. The zero-order valence-electron chi connectivity index (χ0n) is 14.4. The van der Waals surface area contributed by atoms with Gasteiger partial charge in [-0.2, -0.15) is 5.26 Å². The van der Waals surface area contributed by atoms with E-state index in [-0.39, 0.29) is 0 Å². The lowest BCUT2D eigenvalue weighted by Crippen LogP contribution is -2.18. The van der Waals surface area contributed by atoms with E-state index in [1.165, 1.54) is 16.5 Å². The summed E-state index contributed by atoms with van der Waals surface area (Å²) in [7, 11) is 0. The number of aromatic amines is 1. The number of nitrogens with zero attached hydrogens (tertiary/aromatic N) is 2. The van der Waals surface area contributed by atoms with Crippen LogP contribution < -0.4 is 5.32 Å². The van der Waals surface area contributed by atoms with Gasteiger partial charge in [-0.25, -0.2) is 0 Å². The minimum absolute atomic E-state index is 0.684. The van der Waals surface area contributed by atoms with Crippen LogP contribution in [0.2, 0.25) is 0 Å². The van der Waals surface area contributed by atoms with E-state index in [0.29, 0.717) is 5.56 Å². The molecule has 2 aromatic carbocycles. The minimum Gasteiger partial charge on any atom is -0.361 e. The summed E-state index contributed by atoms with van der Waals surface area (Å²) in [5.74, 6) is 0. The van der Waals surface area contributed by atoms with Crippen LogP contribution in [0.15, 0.2) is 73.1 Å². The summed E-state index contributed by atoms with van der Waals surface area (Å²) in [4.78, 5) is 3.32. The Kier molecular flexibility index (Phi) is 4.55. The van der Waals surface area contributed by atoms with Crippen LogP contribution in [0, 0.1) is 11.3 Å². The molecule has 4 heteroatoms. The zero-order valence-corrected chi connectivity index (χ0v) is 14.4. The van der Waals surface area contributed by atoms with Crippen LogP contribution in [-0.4, -0.2) is 16.1 Å². The Hall–Kier alpha value is -3.29. The molecule has 2 N–H and O–H groups in total. The molecule has 4 aromatic rings. The molecular formula is C22H20N4. The van der Waals surface area contributed by atoms with E-state index in [1.54, 1.807) is 0 Å². The lowest BCUT2D eigenvalue weighted by Gasteiger charge is -2.11. The van der Waals surface area contributed by atoms with Crippen molar-refractivity contribution in [3.05, 3.63) is 89.9 Å². The van der Waals surface area contributed by atoms with E-state index < -0.39 is 0 Å². The lowest BCUT2D eigenvalue weighted by molar-refractivity contribution is 0.667. The van der Waals surface area contributed by atoms with E-state index in [4.69, 9.17) is 0 Å². The van der Waals surface area contributed by atoms with Gasteiger partial charge in [-0.15, -0.1) is 0 Å². The minimum atomic E-state index is 0.684. The second-order valence-electron chi connectivity index (χ2n) is 6.28. The van der Waals surface area contributed by atoms with Gasteiger partial charge in [-0.1, -0.05) is 30.3 Å². The molecule has 4 rings (SSSR count). The van der Waals surface area contributed by atoms with E-state index in [2.05, 4.69) is 51.4 Å². The highest BCUT2D eigenvalue weighted by Crippen LogP contribution is 2.19. The van der Waals surface area contributed by atoms with Gasteiger partial charge in [0.05, 0.1) is 11.3 Å². The van der Waals surface area contributed by atoms with Crippen LogP contribution in [-0.2, 0) is 13.0 Å². The summed E-state index contributed by atoms with van der Waals surface area (Å²) in [5.41, 5.74) is 5.27. The number of hydrogen-bond acceptors (Lipinski definition) is 2. The van der Waals surface area contributed by atoms with Crippen molar-refractivity contribution in [1.82, 2.24) is 14.9 Å². The topological polar surface area (TPSA) is 56.5 Å². The molecular weight excluding hydrogens is 320 g/mol. The normalized spacial score (nSPS) is 10.9. The van der Waals surface area contributed by atoms with Crippen LogP contribution in [0.4, 0.5) is 0 Å². The summed E-state index contributed by atoms with van der Waals surface area (Å²) < 4.78 is 2.08. The first kappa shape index (κ1) is 16.2. The van der Waals surface area contributed by atoms with E-state index in [1.807, 2.05) is 42.6 Å². The molecule has 0 saturated heterocycles. The zero-order chi connectivity index (χ0) is 17.8. The van der Waals surface area contributed by atoms with Crippen LogP contribution in [0.25, 0.3) is 16.6 Å². The SMILES string of the molecule is N#Cc1ccccc1-n1cccc1CNCCc1c[nH]c2ccccc12. The third-order valence-electron chi connectivity index (χ3n) is 4.67. The standard InChI is InChI=1S/C22H20N4/c23-14-17-6-1-4-10-22(17)26-13-5-7-19(26)16-24-12-11-18-15-25-21-9-3-2-8-20(18)21/h1-10,13,15,24-25H,11-12,16H2. The van der Waals surface area contributed by atoms with Crippen molar-refractivity contribution in [3.63, 3.8) is 0 Å². The van der Waals surface area contributed by atoms with Gasteiger partial charge in [0.1, 0.15) is 6.07 Å². The molecule has 0 unspecified atom stereocenters. The van der Waals surface area contributed by atoms with Crippen LogP contribution >= 0.6 is 0 Å². The predicted octanol–water partition coefficient (Wildman–Crippen LogP) is 4.16. The first-order valence-corrected chi connectivity index (χ1v) is 8.78. The van der Waals surface area contributed by atoms with Crippen molar-refractivity contribution in [2.24, 2.45) is 0 Å². The Balaban J connectivity index is 1.42. The third-order valence-corrected chi connectivity index (χ3v) is 4.67. The third kappa shape index (κ3) is 3.13. The first-order chi connectivity index (χ1) is 12.9. The Bertz CT molecular complexity index is 1060. The van der Waals surface area contributed by atoms with Crippen molar-refractivity contribution < 1.29 is 0 Å². The highest BCUT2D eigenvalue weighted by molar-refractivity contribution is 5.83. The number of nitriles is 1. The maximum absolute atomic E-state index is 9.33. The Morgan fingerprint density at radius 1 is 1.00 bits per heavy atom. The van der Waals surface area contributed by atoms with Crippen molar-refractivity contribution >= 4 is 10.9 Å². The van der Waals surface area contributed by atoms with E-state index in [0.717, 1.165) is 30.9 Å². The number of para-hydroxylation sites is 2. The monoisotopic (exact) mass is 340 g/mol. The Morgan fingerprint density at radius 3 is 2.77 bits per heavy atom. The molecule has 0 atom stereocenters. The molecule has 0 fully saturated rings. The molecule has 4 nitrogen and oxygen atoms in total. The second-order valence-corrected chi connectivity index (χ2v) is 6.28. The predicted molar refractivity (Wildman–Crippen MR) is 104 cm³/mol. The van der Waals surface area contributed by atoms with Crippen molar-refractivity contribution in [2.75, 3.05) is 6.54 Å². The number of rotatable bonds is 6. The summed E-state index contributed by atoms with van der Waals surface area (Å²) in [5, 5.41) is 14.1. The molecule has 0 bridgehead atoms. The fraction of sp³-hybridized carbons (Fsp3) is 0.136. The molecule has 2 heterocycles. The maximum atomic E-state index is 9.33. The average Bonchev–Trinajstić information content (AvgIpc) is 3.32. The number of nitrogens with one attached hydrogen (secondary N) is 2. The van der Waals surface area contributed by atoms with Gasteiger partial charge in [-0.3, -0.25) is 0 Å². The summed E-state index contributed by atoms with van der Waals surface area (Å²) in [6, 6.07) is 22.5. The van der Waals surface area contributed by atoms with E-state index >= 15 is 0 Å². The molecule has 0 amide bonds. The molecule has 0 saturated carbocycles. The van der Waals surface area contributed by atoms with Gasteiger partial charge in [0, 0.05) is 35.5 Å². The Morgan fingerprint density at radius 2 is 1.85 bits per heavy atom. The van der Waals surface area contributed by atoms with Crippen molar-refractivity contribution in [3.8, 4) is 11.8 Å². The second kappa shape index (κ2) is 7.30. The molecule has 0 aliphatic carbocycles. The summed E-state index contributed by atoms with van der Waals surface area (Å²) in [6.07, 6.45) is 5.07. The number of H-pyrrole nitrogens is 1. The van der Waals surface area contributed by atoms with Gasteiger partial charge in [0.2, 0.25) is 0 Å². The van der Waals surface area contributed by atoms with Gasteiger partial charge in [-0.05, 0) is 48.9 Å². The van der Waals surface area contributed by atoms with Crippen LogP contribution in [0.3, 0.4) is 0 Å². The van der Waals surface area contributed by atoms with E-state index in [9.17, 15) is 5.26 Å². The quantitative estimate of drug-likeness (QED) is 0.518. The first-order valence-electron chi connectivity index (χ1n) is 8.78. The molecule has 128 valence electrons. The molecule has 0 aliphatic rings. The van der Waals surface area contributed by atoms with Gasteiger partial charge >= 0.3 is 0 Å². The number of benzene rings is 2. The molecule has 0 aliphatic heterocycles.